The Morgan fingerprint density at radius 3 is 2.59 bits per heavy atom. The Bertz CT molecular complexity index is 874. The number of nitrogens with one attached hydrogen (secondary N) is 1. The van der Waals surface area contributed by atoms with Crippen LogP contribution in [0.4, 0.5) is 4.79 Å². The highest BCUT2D eigenvalue weighted by Crippen LogP contribution is 2.56. The van der Waals surface area contributed by atoms with E-state index in [2.05, 4.69) is 5.32 Å². The Hall–Kier alpha value is -2.29. The second-order valence-electron chi connectivity index (χ2n) is 7.64. The number of benzene rings is 1. The van der Waals surface area contributed by atoms with Gasteiger partial charge < -0.3 is 24.3 Å². The standard InChI is InChI=1S/C18H23NO7S/c1-5-27(22,23)15-14(11-6-7-12-13(8-11)25-10-24-12)18(15,9-20)19-16(21)26-17(2,3)4/h6-9,14-15H,5,10H2,1-4H3,(H,19,21)/t14-,15+,18-/m0/s1. The predicted molar refractivity (Wildman–Crippen MR) is 96.7 cm³/mol. The van der Waals surface area contributed by atoms with Gasteiger partial charge in [-0.05, 0) is 38.5 Å². The summed E-state index contributed by atoms with van der Waals surface area (Å²) in [7, 11) is -3.62. The van der Waals surface area contributed by atoms with E-state index in [1.165, 1.54) is 6.92 Å². The van der Waals surface area contributed by atoms with E-state index in [-0.39, 0.29) is 12.5 Å². The molecule has 0 saturated heterocycles. The molecule has 0 radical (unpaired) electrons. The van der Waals surface area contributed by atoms with Crippen molar-refractivity contribution in [3.05, 3.63) is 23.8 Å². The Labute approximate surface area is 158 Å². The highest BCUT2D eigenvalue weighted by Gasteiger charge is 2.72. The number of hydrogen-bond donors (Lipinski definition) is 1. The summed E-state index contributed by atoms with van der Waals surface area (Å²) in [5.41, 5.74) is -1.79. The van der Waals surface area contributed by atoms with Gasteiger partial charge in [0.15, 0.2) is 21.3 Å². The number of carbonyl (C=O) groups is 2. The van der Waals surface area contributed by atoms with Crippen molar-refractivity contribution in [2.24, 2.45) is 0 Å². The van der Waals surface area contributed by atoms with Gasteiger partial charge in [-0.15, -0.1) is 0 Å². The van der Waals surface area contributed by atoms with Crippen LogP contribution in [0.1, 0.15) is 39.2 Å². The van der Waals surface area contributed by atoms with Crippen molar-refractivity contribution in [1.82, 2.24) is 5.32 Å². The largest absolute Gasteiger partial charge is 0.454 e. The first kappa shape index (κ1) is 19.5. The minimum Gasteiger partial charge on any atom is -0.454 e. The van der Waals surface area contributed by atoms with Gasteiger partial charge in [0.2, 0.25) is 6.79 Å². The van der Waals surface area contributed by atoms with E-state index in [0.29, 0.717) is 23.3 Å². The van der Waals surface area contributed by atoms with E-state index in [1.54, 1.807) is 39.0 Å². The van der Waals surface area contributed by atoms with Gasteiger partial charge in [-0.3, -0.25) is 0 Å². The van der Waals surface area contributed by atoms with Crippen molar-refractivity contribution in [2.75, 3.05) is 12.5 Å². The van der Waals surface area contributed by atoms with Crippen molar-refractivity contribution in [3.63, 3.8) is 0 Å². The monoisotopic (exact) mass is 397 g/mol. The molecule has 1 aromatic rings. The normalized spacial score (nSPS) is 26.4. The van der Waals surface area contributed by atoms with Crippen LogP contribution in [-0.4, -0.2) is 49.7 Å². The topological polar surface area (TPSA) is 108 Å². The predicted octanol–water partition coefficient (Wildman–Crippen LogP) is 1.78. The van der Waals surface area contributed by atoms with Gasteiger partial charge in [-0.1, -0.05) is 13.0 Å². The summed E-state index contributed by atoms with van der Waals surface area (Å²) in [6.07, 6.45) is -0.349. The van der Waals surface area contributed by atoms with E-state index in [0.717, 1.165) is 0 Å². The molecule has 9 heteroatoms. The van der Waals surface area contributed by atoms with Crippen LogP contribution in [-0.2, 0) is 19.4 Å². The molecule has 0 aromatic heterocycles. The number of alkyl carbamates (subject to hydrolysis) is 1. The van der Waals surface area contributed by atoms with E-state index in [9.17, 15) is 18.0 Å². The molecule has 1 aromatic carbocycles. The van der Waals surface area contributed by atoms with Gasteiger partial charge >= 0.3 is 6.09 Å². The fraction of sp³-hybridized carbons (Fsp3) is 0.556. The molecule has 2 aliphatic rings. The molecule has 1 N–H and O–H groups in total. The van der Waals surface area contributed by atoms with E-state index < -0.39 is 38.2 Å². The summed E-state index contributed by atoms with van der Waals surface area (Å²) >= 11 is 0. The van der Waals surface area contributed by atoms with E-state index in [4.69, 9.17) is 14.2 Å². The van der Waals surface area contributed by atoms with Gasteiger partial charge in [0.05, 0.1) is 0 Å². The fourth-order valence-electron chi connectivity index (χ4n) is 3.41. The van der Waals surface area contributed by atoms with Crippen LogP contribution in [0.25, 0.3) is 0 Å². The number of carbonyl (C=O) groups excluding carboxylic acids is 2. The van der Waals surface area contributed by atoms with Gasteiger partial charge in [-0.25, -0.2) is 13.2 Å². The molecule has 0 bridgehead atoms. The summed E-state index contributed by atoms with van der Waals surface area (Å²) in [6, 6.07) is 4.99. The molecule has 0 unspecified atom stereocenters. The molecule has 1 aliphatic carbocycles. The molecule has 0 spiro atoms. The van der Waals surface area contributed by atoms with Gasteiger partial charge in [-0.2, -0.15) is 0 Å². The maximum Gasteiger partial charge on any atom is 0.408 e. The summed E-state index contributed by atoms with van der Waals surface area (Å²) in [6.45, 7) is 6.64. The maximum atomic E-state index is 12.6. The third-order valence-electron chi connectivity index (χ3n) is 4.64. The van der Waals surface area contributed by atoms with Crippen LogP contribution in [0, 0.1) is 0 Å². The molecule has 8 nitrogen and oxygen atoms in total. The maximum absolute atomic E-state index is 12.6. The first-order valence-corrected chi connectivity index (χ1v) is 10.3. The molecule has 3 rings (SSSR count). The zero-order valence-corrected chi connectivity index (χ0v) is 16.5. The first-order chi connectivity index (χ1) is 12.5. The molecule has 1 heterocycles. The Morgan fingerprint density at radius 1 is 1.33 bits per heavy atom. The molecule has 1 fully saturated rings. The van der Waals surface area contributed by atoms with Crippen molar-refractivity contribution in [1.29, 1.82) is 0 Å². The lowest BCUT2D eigenvalue weighted by atomic mass is 10.1. The van der Waals surface area contributed by atoms with Gasteiger partial charge in [0.25, 0.3) is 0 Å². The lowest BCUT2D eigenvalue weighted by Crippen LogP contribution is -2.45. The lowest BCUT2D eigenvalue weighted by molar-refractivity contribution is -0.110. The summed E-state index contributed by atoms with van der Waals surface area (Å²) in [4.78, 5) is 24.3. The van der Waals surface area contributed by atoms with Crippen LogP contribution in [0.5, 0.6) is 11.5 Å². The minimum absolute atomic E-state index is 0.0785. The molecule has 3 atom stereocenters. The van der Waals surface area contributed by atoms with Crippen LogP contribution >= 0.6 is 0 Å². The second kappa shape index (κ2) is 6.40. The molecule has 27 heavy (non-hydrogen) atoms. The lowest BCUT2D eigenvalue weighted by Gasteiger charge is -2.22. The van der Waals surface area contributed by atoms with Crippen LogP contribution in [0.3, 0.4) is 0 Å². The number of hydrogen-bond acceptors (Lipinski definition) is 7. The smallest absolute Gasteiger partial charge is 0.408 e. The number of ether oxygens (including phenoxy) is 3. The highest BCUT2D eigenvalue weighted by molar-refractivity contribution is 7.92. The fourth-order valence-corrected chi connectivity index (χ4v) is 5.35. The summed E-state index contributed by atoms with van der Waals surface area (Å²) in [5.74, 6) is 0.141. The number of fused-ring (bicyclic) bond motifs is 1. The summed E-state index contributed by atoms with van der Waals surface area (Å²) in [5, 5.41) is 1.43. The molecule has 148 valence electrons. The van der Waals surface area contributed by atoms with E-state index >= 15 is 0 Å². The Balaban J connectivity index is 1.97. The minimum atomic E-state index is -3.62. The van der Waals surface area contributed by atoms with Gasteiger partial charge in [0.1, 0.15) is 22.7 Å². The van der Waals surface area contributed by atoms with Gasteiger partial charge in [0, 0.05) is 11.7 Å². The molecule has 1 aliphatic heterocycles. The molecular weight excluding hydrogens is 374 g/mol. The summed E-state index contributed by atoms with van der Waals surface area (Å²) < 4.78 is 41.1. The average molecular weight is 397 g/mol. The van der Waals surface area contributed by atoms with Crippen LogP contribution in [0.2, 0.25) is 0 Å². The van der Waals surface area contributed by atoms with Crippen molar-refractivity contribution >= 4 is 22.2 Å². The number of aldehydes is 1. The zero-order chi connectivity index (χ0) is 20.0. The third kappa shape index (κ3) is 3.47. The Kier molecular flexibility index (Phi) is 4.62. The second-order valence-corrected chi connectivity index (χ2v) is 10.1. The van der Waals surface area contributed by atoms with E-state index in [1.807, 2.05) is 0 Å². The first-order valence-electron chi connectivity index (χ1n) is 8.62. The third-order valence-corrected chi connectivity index (χ3v) is 6.88. The molecule has 1 saturated carbocycles. The Morgan fingerprint density at radius 2 is 2.00 bits per heavy atom. The average Bonchev–Trinajstić information content (AvgIpc) is 3.00. The number of rotatable bonds is 5. The highest BCUT2D eigenvalue weighted by atomic mass is 32.2. The molecule has 1 amide bonds. The van der Waals surface area contributed by atoms with Crippen LogP contribution < -0.4 is 14.8 Å². The number of amides is 1. The van der Waals surface area contributed by atoms with Crippen molar-refractivity contribution in [3.8, 4) is 11.5 Å². The van der Waals surface area contributed by atoms with Crippen LogP contribution in [0.15, 0.2) is 18.2 Å². The van der Waals surface area contributed by atoms with Crippen molar-refractivity contribution in [2.45, 2.75) is 50.0 Å². The molecular formula is C18H23NO7S. The van der Waals surface area contributed by atoms with Crippen molar-refractivity contribution < 1.29 is 32.2 Å². The number of sulfone groups is 1. The quantitative estimate of drug-likeness (QED) is 0.755. The zero-order valence-electron chi connectivity index (χ0n) is 15.6. The SMILES string of the molecule is CCS(=O)(=O)[C@@H]1[C@H](c2ccc3c(c2)OCO3)[C@]1(C=O)NC(=O)OC(C)(C)C.